The van der Waals surface area contributed by atoms with Crippen molar-refractivity contribution in [1.82, 2.24) is 9.71 Å². The van der Waals surface area contributed by atoms with Gasteiger partial charge in [0.05, 0.1) is 9.92 Å². The van der Waals surface area contributed by atoms with Crippen LogP contribution in [0.1, 0.15) is 11.3 Å². The molecule has 0 saturated carbocycles. The molecule has 0 aliphatic heterocycles. The number of halogens is 2. The first-order chi connectivity index (χ1) is 9.42. The van der Waals surface area contributed by atoms with E-state index in [4.69, 9.17) is 17.3 Å². The number of nitrogens with one attached hydrogen (secondary N) is 2. The zero-order valence-electron chi connectivity index (χ0n) is 10.4. The van der Waals surface area contributed by atoms with Crippen LogP contribution < -0.4 is 10.5 Å². The quantitative estimate of drug-likeness (QED) is 0.785. The van der Waals surface area contributed by atoms with Crippen molar-refractivity contribution >= 4 is 21.6 Å². The summed E-state index contributed by atoms with van der Waals surface area (Å²) in [5.41, 5.74) is 6.59. The minimum atomic E-state index is -3.64. The average Bonchev–Trinajstić information content (AvgIpc) is 2.90. The standard InChI is InChI=1S/C12H13ClFN3O2S/c13-11-3-8(1-2-12(11)14)6-17-20(18,19)10-4-9(5-15)16-7-10/h1-4,7,16-17H,5-6,15H2. The van der Waals surface area contributed by atoms with Crippen LogP contribution in [0.5, 0.6) is 0 Å². The summed E-state index contributed by atoms with van der Waals surface area (Å²) in [6.45, 7) is 0.245. The normalized spacial score (nSPS) is 11.8. The molecule has 1 aromatic carbocycles. The molecule has 2 rings (SSSR count). The van der Waals surface area contributed by atoms with Gasteiger partial charge in [-0.05, 0) is 23.8 Å². The van der Waals surface area contributed by atoms with Crippen LogP contribution in [0, 0.1) is 5.82 Å². The number of nitrogens with two attached hydrogens (primary N) is 1. The Hall–Kier alpha value is -1.41. The van der Waals surface area contributed by atoms with Gasteiger partial charge in [0.2, 0.25) is 10.0 Å². The smallest absolute Gasteiger partial charge is 0.242 e. The van der Waals surface area contributed by atoms with Crippen molar-refractivity contribution in [2.45, 2.75) is 18.0 Å². The van der Waals surface area contributed by atoms with Crippen LogP contribution in [0.2, 0.25) is 5.02 Å². The second-order valence-corrected chi connectivity index (χ2v) is 6.31. The van der Waals surface area contributed by atoms with Gasteiger partial charge in [-0.3, -0.25) is 0 Å². The molecule has 0 radical (unpaired) electrons. The molecule has 1 aromatic heterocycles. The number of hydrogen-bond acceptors (Lipinski definition) is 3. The summed E-state index contributed by atoms with van der Waals surface area (Å²) >= 11 is 5.63. The summed E-state index contributed by atoms with van der Waals surface area (Å²) in [6.07, 6.45) is 1.36. The minimum Gasteiger partial charge on any atom is -0.363 e. The molecule has 0 spiro atoms. The van der Waals surface area contributed by atoms with Crippen LogP contribution in [-0.4, -0.2) is 13.4 Å². The first-order valence-electron chi connectivity index (χ1n) is 5.73. The molecule has 108 valence electrons. The molecule has 0 amide bonds. The Morgan fingerprint density at radius 3 is 2.70 bits per heavy atom. The van der Waals surface area contributed by atoms with Crippen LogP contribution >= 0.6 is 11.6 Å². The second-order valence-electron chi connectivity index (χ2n) is 4.14. The molecule has 4 N–H and O–H groups in total. The topological polar surface area (TPSA) is 88.0 Å². The molecule has 0 saturated heterocycles. The Kier molecular flexibility index (Phi) is 4.44. The van der Waals surface area contributed by atoms with Gasteiger partial charge >= 0.3 is 0 Å². The van der Waals surface area contributed by atoms with E-state index in [1.54, 1.807) is 0 Å². The zero-order valence-corrected chi connectivity index (χ0v) is 11.9. The lowest BCUT2D eigenvalue weighted by Crippen LogP contribution is -2.22. The Labute approximate surface area is 121 Å². The first-order valence-corrected chi connectivity index (χ1v) is 7.59. The lowest BCUT2D eigenvalue weighted by molar-refractivity contribution is 0.581. The third-order valence-corrected chi connectivity index (χ3v) is 4.37. The molecular formula is C12H13ClFN3O2S. The molecule has 8 heteroatoms. The number of benzene rings is 1. The number of rotatable bonds is 5. The number of sulfonamides is 1. The fourth-order valence-electron chi connectivity index (χ4n) is 1.60. The molecule has 0 aliphatic rings. The van der Waals surface area contributed by atoms with Crippen molar-refractivity contribution in [1.29, 1.82) is 0 Å². The number of aromatic nitrogens is 1. The third kappa shape index (κ3) is 3.37. The first kappa shape index (κ1) is 15.0. The Morgan fingerprint density at radius 1 is 1.35 bits per heavy atom. The van der Waals surface area contributed by atoms with Crippen molar-refractivity contribution in [3.8, 4) is 0 Å². The van der Waals surface area contributed by atoms with Gasteiger partial charge in [0, 0.05) is 25.0 Å². The van der Waals surface area contributed by atoms with E-state index >= 15 is 0 Å². The van der Waals surface area contributed by atoms with Gasteiger partial charge in [-0.25, -0.2) is 17.5 Å². The highest BCUT2D eigenvalue weighted by Gasteiger charge is 2.15. The van der Waals surface area contributed by atoms with Gasteiger partial charge in [0.25, 0.3) is 0 Å². The maximum absolute atomic E-state index is 13.0. The van der Waals surface area contributed by atoms with E-state index in [1.165, 1.54) is 30.5 Å². The molecule has 0 atom stereocenters. The largest absolute Gasteiger partial charge is 0.363 e. The zero-order chi connectivity index (χ0) is 14.8. The Bertz CT molecular complexity index is 715. The highest BCUT2D eigenvalue weighted by Crippen LogP contribution is 2.17. The highest BCUT2D eigenvalue weighted by molar-refractivity contribution is 7.89. The fraction of sp³-hybridized carbons (Fsp3) is 0.167. The molecule has 1 heterocycles. The molecule has 2 aromatic rings. The predicted octanol–water partition coefficient (Wildman–Crippen LogP) is 1.74. The maximum Gasteiger partial charge on any atom is 0.242 e. The van der Waals surface area contributed by atoms with E-state index in [0.29, 0.717) is 11.3 Å². The summed E-state index contributed by atoms with van der Waals surface area (Å²) < 4.78 is 39.4. The van der Waals surface area contributed by atoms with Crippen LogP contribution in [0.3, 0.4) is 0 Å². The molecule has 20 heavy (non-hydrogen) atoms. The predicted molar refractivity (Wildman–Crippen MR) is 74.1 cm³/mol. The van der Waals surface area contributed by atoms with Gasteiger partial charge in [-0.15, -0.1) is 0 Å². The number of aromatic amines is 1. The molecular weight excluding hydrogens is 305 g/mol. The average molecular weight is 318 g/mol. The number of hydrogen-bond donors (Lipinski definition) is 3. The van der Waals surface area contributed by atoms with E-state index in [-0.39, 0.29) is 23.0 Å². The lowest BCUT2D eigenvalue weighted by Gasteiger charge is -2.05. The van der Waals surface area contributed by atoms with Crippen molar-refractivity contribution < 1.29 is 12.8 Å². The van der Waals surface area contributed by atoms with Gasteiger partial charge in [-0.2, -0.15) is 0 Å². The van der Waals surface area contributed by atoms with Gasteiger partial charge in [0.15, 0.2) is 0 Å². The summed E-state index contributed by atoms with van der Waals surface area (Å²) in [4.78, 5) is 2.86. The van der Waals surface area contributed by atoms with Gasteiger partial charge < -0.3 is 10.7 Å². The van der Waals surface area contributed by atoms with E-state index in [2.05, 4.69) is 9.71 Å². The number of H-pyrrole nitrogens is 1. The van der Waals surface area contributed by atoms with E-state index < -0.39 is 15.8 Å². The van der Waals surface area contributed by atoms with Gasteiger partial charge in [0.1, 0.15) is 5.82 Å². The van der Waals surface area contributed by atoms with Crippen molar-refractivity contribution in [3.05, 3.63) is 52.6 Å². The summed E-state index contributed by atoms with van der Waals surface area (Å²) in [5, 5.41) is -0.0474. The Morgan fingerprint density at radius 2 is 2.10 bits per heavy atom. The summed E-state index contributed by atoms with van der Waals surface area (Å²) in [7, 11) is -3.64. The fourth-order valence-corrected chi connectivity index (χ4v) is 2.84. The van der Waals surface area contributed by atoms with Crippen LogP contribution in [-0.2, 0) is 23.1 Å². The van der Waals surface area contributed by atoms with Crippen molar-refractivity contribution in [2.75, 3.05) is 0 Å². The SMILES string of the molecule is NCc1cc(S(=O)(=O)NCc2ccc(F)c(Cl)c2)c[nH]1. The summed E-state index contributed by atoms with van der Waals surface area (Å²) in [6, 6.07) is 5.49. The van der Waals surface area contributed by atoms with E-state index in [0.717, 1.165) is 0 Å². The molecule has 0 fully saturated rings. The third-order valence-electron chi connectivity index (χ3n) is 2.70. The van der Waals surface area contributed by atoms with Crippen molar-refractivity contribution in [2.24, 2.45) is 5.73 Å². The highest BCUT2D eigenvalue weighted by atomic mass is 35.5. The van der Waals surface area contributed by atoms with Gasteiger partial charge in [-0.1, -0.05) is 17.7 Å². The second kappa shape index (κ2) is 5.92. The van der Waals surface area contributed by atoms with E-state index in [9.17, 15) is 12.8 Å². The molecule has 0 aliphatic carbocycles. The monoisotopic (exact) mass is 317 g/mol. The Balaban J connectivity index is 2.10. The molecule has 0 unspecified atom stereocenters. The summed E-state index contributed by atoms with van der Waals surface area (Å²) in [5.74, 6) is -0.545. The van der Waals surface area contributed by atoms with Crippen LogP contribution in [0.4, 0.5) is 4.39 Å². The van der Waals surface area contributed by atoms with Crippen molar-refractivity contribution in [3.63, 3.8) is 0 Å². The molecule has 5 nitrogen and oxygen atoms in total. The van der Waals surface area contributed by atoms with E-state index in [1.807, 2.05) is 0 Å². The van der Waals surface area contributed by atoms with Crippen LogP contribution in [0.25, 0.3) is 0 Å². The minimum absolute atomic E-state index is 0.0193. The lowest BCUT2D eigenvalue weighted by atomic mass is 10.2. The van der Waals surface area contributed by atoms with Crippen LogP contribution in [0.15, 0.2) is 35.4 Å². The molecule has 0 bridgehead atoms. The maximum atomic E-state index is 13.0.